The van der Waals surface area contributed by atoms with Crippen LogP contribution in [0.2, 0.25) is 0 Å². The Bertz CT molecular complexity index is 1520. The molecule has 1 aromatic heterocycles. The van der Waals surface area contributed by atoms with E-state index in [1.165, 1.54) is 11.3 Å². The standard InChI is InChI=1S/C28H30N2O6S/c1-7-35-27(32)24-17(4)29-28-30(25(24)18-8-11-20(12-9-18)36-16(2)3)26(31)23(37-28)14-19-10-13-21(33-5)15-22(19)34-6/h8-16,25H,7H2,1-6H3/b23-14+/t25-/m0/s1. The molecule has 2 aromatic carbocycles. The largest absolute Gasteiger partial charge is 0.497 e. The molecule has 0 bridgehead atoms. The van der Waals surface area contributed by atoms with E-state index in [-0.39, 0.29) is 18.3 Å². The monoisotopic (exact) mass is 522 g/mol. The van der Waals surface area contributed by atoms with Crippen molar-refractivity contribution in [1.29, 1.82) is 0 Å². The van der Waals surface area contributed by atoms with Crippen LogP contribution >= 0.6 is 11.3 Å². The maximum absolute atomic E-state index is 13.8. The van der Waals surface area contributed by atoms with Crippen LogP contribution < -0.4 is 29.1 Å². The van der Waals surface area contributed by atoms with Gasteiger partial charge in [0.25, 0.3) is 5.56 Å². The van der Waals surface area contributed by atoms with Gasteiger partial charge in [-0.15, -0.1) is 0 Å². The summed E-state index contributed by atoms with van der Waals surface area (Å²) in [4.78, 5) is 32.0. The molecule has 194 valence electrons. The minimum Gasteiger partial charge on any atom is -0.497 e. The Kier molecular flexibility index (Phi) is 7.83. The molecule has 1 aliphatic rings. The Morgan fingerprint density at radius 2 is 1.81 bits per heavy atom. The molecule has 8 nitrogen and oxygen atoms in total. The Morgan fingerprint density at radius 3 is 2.43 bits per heavy atom. The minimum atomic E-state index is -0.691. The van der Waals surface area contributed by atoms with Crippen LogP contribution in [0.15, 0.2) is 63.5 Å². The van der Waals surface area contributed by atoms with Crippen molar-refractivity contribution in [2.45, 2.75) is 39.8 Å². The van der Waals surface area contributed by atoms with Gasteiger partial charge < -0.3 is 18.9 Å². The summed E-state index contributed by atoms with van der Waals surface area (Å²) in [5.41, 5.74) is 2.06. The van der Waals surface area contributed by atoms with Gasteiger partial charge in [-0.05, 0) is 63.6 Å². The lowest BCUT2D eigenvalue weighted by molar-refractivity contribution is -0.139. The smallest absolute Gasteiger partial charge is 0.338 e. The average molecular weight is 523 g/mol. The van der Waals surface area contributed by atoms with Crippen molar-refractivity contribution < 1.29 is 23.7 Å². The number of methoxy groups -OCH3 is 2. The highest BCUT2D eigenvalue weighted by Gasteiger charge is 2.33. The zero-order chi connectivity index (χ0) is 26.7. The van der Waals surface area contributed by atoms with Crippen molar-refractivity contribution in [3.63, 3.8) is 0 Å². The van der Waals surface area contributed by atoms with Gasteiger partial charge in [0.05, 0.1) is 48.8 Å². The SMILES string of the molecule is CCOC(=O)C1=C(C)N=c2s/c(=C/c3ccc(OC)cc3OC)c(=O)n2[C@H]1c1ccc(OC(C)C)cc1. The van der Waals surface area contributed by atoms with Crippen molar-refractivity contribution >= 4 is 23.4 Å². The molecule has 0 amide bonds. The van der Waals surface area contributed by atoms with E-state index >= 15 is 0 Å². The van der Waals surface area contributed by atoms with Gasteiger partial charge in [0.2, 0.25) is 0 Å². The van der Waals surface area contributed by atoms with Crippen molar-refractivity contribution in [3.8, 4) is 17.2 Å². The number of hydrogen-bond donors (Lipinski definition) is 0. The molecule has 0 saturated heterocycles. The first-order chi connectivity index (χ1) is 17.8. The number of ether oxygens (including phenoxy) is 4. The summed E-state index contributed by atoms with van der Waals surface area (Å²) < 4.78 is 23.9. The number of carbonyl (C=O) groups excluding carboxylic acids is 1. The summed E-state index contributed by atoms with van der Waals surface area (Å²) >= 11 is 1.26. The number of thiazole rings is 1. The molecule has 1 aliphatic heterocycles. The van der Waals surface area contributed by atoms with Crippen LogP contribution in [0.4, 0.5) is 0 Å². The second kappa shape index (κ2) is 11.0. The first-order valence-electron chi connectivity index (χ1n) is 12.0. The summed E-state index contributed by atoms with van der Waals surface area (Å²) in [5.74, 6) is 1.43. The number of esters is 1. The van der Waals surface area contributed by atoms with Gasteiger partial charge in [-0.1, -0.05) is 23.5 Å². The van der Waals surface area contributed by atoms with E-state index in [0.717, 1.165) is 11.1 Å². The van der Waals surface area contributed by atoms with Gasteiger partial charge in [0, 0.05) is 11.6 Å². The van der Waals surface area contributed by atoms with Crippen molar-refractivity contribution in [3.05, 3.63) is 84.5 Å². The molecule has 3 aromatic rings. The van der Waals surface area contributed by atoms with Gasteiger partial charge in [0.15, 0.2) is 4.80 Å². The fourth-order valence-corrected chi connectivity index (χ4v) is 5.22. The Labute approximate surface area is 219 Å². The average Bonchev–Trinajstić information content (AvgIpc) is 3.18. The lowest BCUT2D eigenvalue weighted by atomic mass is 9.96. The lowest BCUT2D eigenvalue weighted by Gasteiger charge is -2.25. The number of hydrogen-bond acceptors (Lipinski definition) is 8. The third kappa shape index (κ3) is 5.32. The van der Waals surface area contributed by atoms with Crippen LogP contribution in [0.1, 0.15) is 44.9 Å². The molecule has 0 N–H and O–H groups in total. The first kappa shape index (κ1) is 26.2. The van der Waals surface area contributed by atoms with Gasteiger partial charge in [-0.2, -0.15) is 0 Å². The number of benzene rings is 2. The predicted molar refractivity (Wildman–Crippen MR) is 142 cm³/mol. The molecule has 0 unspecified atom stereocenters. The highest BCUT2D eigenvalue weighted by molar-refractivity contribution is 7.07. The Balaban J connectivity index is 1.90. The minimum absolute atomic E-state index is 0.0238. The normalized spacial score (nSPS) is 15.3. The summed E-state index contributed by atoms with van der Waals surface area (Å²) in [7, 11) is 3.15. The molecule has 0 radical (unpaired) electrons. The molecule has 9 heteroatoms. The zero-order valence-electron chi connectivity index (χ0n) is 21.7. The molecule has 0 saturated carbocycles. The van der Waals surface area contributed by atoms with Crippen LogP contribution in [0.5, 0.6) is 17.2 Å². The van der Waals surface area contributed by atoms with E-state index < -0.39 is 12.0 Å². The van der Waals surface area contributed by atoms with Gasteiger partial charge in [-0.3, -0.25) is 9.36 Å². The summed E-state index contributed by atoms with van der Waals surface area (Å²) in [6.45, 7) is 7.63. The van der Waals surface area contributed by atoms with Gasteiger partial charge in [0.1, 0.15) is 17.2 Å². The molecule has 2 heterocycles. The summed E-state index contributed by atoms with van der Waals surface area (Å²) in [5, 5.41) is 0. The highest BCUT2D eigenvalue weighted by atomic mass is 32.1. The molecular formula is C28H30N2O6S. The molecule has 0 fully saturated rings. The van der Waals surface area contributed by atoms with E-state index in [4.69, 9.17) is 18.9 Å². The fraction of sp³-hybridized carbons (Fsp3) is 0.321. The summed E-state index contributed by atoms with van der Waals surface area (Å²) in [6, 6.07) is 12.1. The number of allylic oxidation sites excluding steroid dienone is 1. The van der Waals surface area contributed by atoms with E-state index in [1.807, 2.05) is 44.2 Å². The Morgan fingerprint density at radius 1 is 1.11 bits per heavy atom. The Hall–Kier alpha value is -3.85. The van der Waals surface area contributed by atoms with E-state index in [1.54, 1.807) is 50.8 Å². The summed E-state index contributed by atoms with van der Waals surface area (Å²) in [6.07, 6.45) is 1.79. The second-order valence-corrected chi connectivity index (χ2v) is 9.65. The lowest BCUT2D eigenvalue weighted by Crippen LogP contribution is -2.39. The van der Waals surface area contributed by atoms with E-state index in [0.29, 0.717) is 37.9 Å². The molecule has 4 rings (SSSR count). The van der Waals surface area contributed by atoms with Crippen molar-refractivity contribution in [2.24, 2.45) is 4.99 Å². The van der Waals surface area contributed by atoms with Gasteiger partial charge in [-0.25, -0.2) is 9.79 Å². The number of fused-ring (bicyclic) bond motifs is 1. The van der Waals surface area contributed by atoms with Crippen molar-refractivity contribution in [1.82, 2.24) is 4.57 Å². The molecule has 0 aliphatic carbocycles. The van der Waals surface area contributed by atoms with E-state index in [9.17, 15) is 9.59 Å². The predicted octanol–water partition coefficient (Wildman–Crippen LogP) is 3.60. The second-order valence-electron chi connectivity index (χ2n) is 8.65. The third-order valence-corrected chi connectivity index (χ3v) is 6.79. The molecule has 1 atom stereocenters. The van der Waals surface area contributed by atoms with Crippen LogP contribution in [-0.4, -0.2) is 37.5 Å². The number of aromatic nitrogens is 1. The van der Waals surface area contributed by atoms with Crippen molar-refractivity contribution in [2.75, 3.05) is 20.8 Å². The zero-order valence-corrected chi connectivity index (χ0v) is 22.5. The molecular weight excluding hydrogens is 492 g/mol. The fourth-order valence-electron chi connectivity index (χ4n) is 4.19. The number of carbonyl (C=O) groups is 1. The third-order valence-electron chi connectivity index (χ3n) is 5.81. The molecule has 0 spiro atoms. The number of rotatable bonds is 8. The number of nitrogens with zero attached hydrogens (tertiary/aromatic N) is 2. The molecule has 37 heavy (non-hydrogen) atoms. The van der Waals surface area contributed by atoms with Gasteiger partial charge >= 0.3 is 5.97 Å². The topological polar surface area (TPSA) is 88.4 Å². The van der Waals surface area contributed by atoms with Crippen LogP contribution in [0.25, 0.3) is 6.08 Å². The van der Waals surface area contributed by atoms with Crippen LogP contribution in [0, 0.1) is 0 Å². The maximum Gasteiger partial charge on any atom is 0.338 e. The highest BCUT2D eigenvalue weighted by Crippen LogP contribution is 2.32. The van der Waals surface area contributed by atoms with Crippen LogP contribution in [-0.2, 0) is 9.53 Å². The van der Waals surface area contributed by atoms with Crippen LogP contribution in [0.3, 0.4) is 0 Å². The first-order valence-corrected chi connectivity index (χ1v) is 12.8. The quantitative estimate of drug-likeness (QED) is 0.420. The van der Waals surface area contributed by atoms with E-state index in [2.05, 4.69) is 4.99 Å². The maximum atomic E-state index is 13.8.